The maximum atomic E-state index is 12.2. The third kappa shape index (κ3) is 2.94. The van der Waals surface area contributed by atoms with Crippen molar-refractivity contribution in [2.75, 3.05) is 19.1 Å². The van der Waals surface area contributed by atoms with Crippen LogP contribution in [0.2, 0.25) is 0 Å². The number of hydrogen-bond donors (Lipinski definition) is 1. The number of carbonyl (C=O) groups excluding carboxylic acids is 2. The summed E-state index contributed by atoms with van der Waals surface area (Å²) in [5.41, 5.74) is 0.272. The molecule has 0 saturated carbocycles. The lowest BCUT2D eigenvalue weighted by atomic mass is 10.2. The Morgan fingerprint density at radius 2 is 2.05 bits per heavy atom. The fourth-order valence-electron chi connectivity index (χ4n) is 1.93. The monoisotopic (exact) mass is 311 g/mol. The van der Waals surface area contributed by atoms with Crippen molar-refractivity contribution in [2.24, 2.45) is 0 Å². The molecular weight excluding hydrogens is 298 g/mol. The smallest absolute Gasteiger partial charge is 0.305 e. The number of carboxylic acid groups (broad SMARTS) is 1. The van der Waals surface area contributed by atoms with Gasteiger partial charge in [-0.2, -0.15) is 0 Å². The van der Waals surface area contributed by atoms with Crippen molar-refractivity contribution in [3.8, 4) is 11.5 Å². The lowest BCUT2D eigenvalue weighted by molar-refractivity contribution is -0.138. The standard InChI is InChI=1S/C13H13NO6S/c1-19-7-3-4-8(9(5-7)20-2)14-12(17)10(6-11(15)16)21-13(14)18/h3-5,10H,6H2,1-2H3,(H,15,16)/t10-/m1/s1. The van der Waals surface area contributed by atoms with Gasteiger partial charge in [-0.25, -0.2) is 4.90 Å². The molecule has 0 aliphatic carbocycles. The molecule has 8 heteroatoms. The maximum Gasteiger partial charge on any atom is 0.305 e. The van der Waals surface area contributed by atoms with E-state index >= 15 is 0 Å². The van der Waals surface area contributed by atoms with E-state index in [9.17, 15) is 14.4 Å². The first-order valence-corrected chi connectivity index (χ1v) is 6.84. The van der Waals surface area contributed by atoms with Gasteiger partial charge in [-0.15, -0.1) is 0 Å². The first kappa shape index (κ1) is 15.2. The predicted octanol–water partition coefficient (Wildman–Crippen LogP) is 1.75. The maximum absolute atomic E-state index is 12.2. The number of nitrogens with zero attached hydrogens (tertiary/aromatic N) is 1. The van der Waals surface area contributed by atoms with E-state index in [4.69, 9.17) is 14.6 Å². The quantitative estimate of drug-likeness (QED) is 0.885. The summed E-state index contributed by atoms with van der Waals surface area (Å²) in [4.78, 5) is 35.9. The first-order chi connectivity index (χ1) is 9.97. The second-order valence-electron chi connectivity index (χ2n) is 4.18. The molecule has 2 amide bonds. The lowest BCUT2D eigenvalue weighted by Gasteiger charge is -2.17. The number of rotatable bonds is 5. The molecule has 0 bridgehead atoms. The Morgan fingerprint density at radius 1 is 1.33 bits per heavy atom. The highest BCUT2D eigenvalue weighted by atomic mass is 32.2. The predicted molar refractivity (Wildman–Crippen MR) is 76.1 cm³/mol. The topological polar surface area (TPSA) is 93.1 Å². The van der Waals surface area contributed by atoms with Gasteiger partial charge in [0.2, 0.25) is 5.91 Å². The fraction of sp³-hybridized carbons (Fsp3) is 0.308. The van der Waals surface area contributed by atoms with Crippen LogP contribution in [0.25, 0.3) is 0 Å². The number of anilines is 1. The number of thioether (sulfide) groups is 1. The zero-order chi connectivity index (χ0) is 15.6. The molecule has 1 aliphatic rings. The molecule has 1 aromatic carbocycles. The van der Waals surface area contributed by atoms with E-state index in [1.165, 1.54) is 20.3 Å². The van der Waals surface area contributed by atoms with Gasteiger partial charge in [0, 0.05) is 6.07 Å². The van der Waals surface area contributed by atoms with Gasteiger partial charge in [0.25, 0.3) is 5.24 Å². The molecule has 1 aliphatic heterocycles. The third-order valence-electron chi connectivity index (χ3n) is 2.91. The molecule has 1 N–H and O–H groups in total. The van der Waals surface area contributed by atoms with Crippen molar-refractivity contribution in [3.63, 3.8) is 0 Å². The summed E-state index contributed by atoms with van der Waals surface area (Å²) in [5.74, 6) is -0.870. The van der Waals surface area contributed by atoms with Crippen molar-refractivity contribution in [3.05, 3.63) is 18.2 Å². The Bertz CT molecular complexity index is 602. The van der Waals surface area contributed by atoms with Crippen molar-refractivity contribution in [2.45, 2.75) is 11.7 Å². The molecule has 1 aromatic rings. The van der Waals surface area contributed by atoms with E-state index in [-0.39, 0.29) is 5.69 Å². The number of hydrogen-bond acceptors (Lipinski definition) is 6. The molecule has 0 unspecified atom stereocenters. The molecular formula is C13H13NO6S. The number of benzene rings is 1. The van der Waals surface area contributed by atoms with E-state index in [0.717, 1.165) is 4.90 Å². The van der Waals surface area contributed by atoms with Crippen LogP contribution in [0.3, 0.4) is 0 Å². The molecule has 112 valence electrons. The van der Waals surface area contributed by atoms with Gasteiger partial charge in [0.05, 0.1) is 26.3 Å². The number of ether oxygens (including phenoxy) is 2. The number of methoxy groups -OCH3 is 2. The second-order valence-corrected chi connectivity index (χ2v) is 5.34. The summed E-state index contributed by atoms with van der Waals surface area (Å²) in [6, 6.07) is 4.66. The van der Waals surface area contributed by atoms with Gasteiger partial charge in [-0.3, -0.25) is 14.4 Å². The van der Waals surface area contributed by atoms with Crippen LogP contribution < -0.4 is 14.4 Å². The number of carboxylic acids is 1. The van der Waals surface area contributed by atoms with Gasteiger partial charge >= 0.3 is 5.97 Å². The van der Waals surface area contributed by atoms with Crippen LogP contribution in [-0.2, 0) is 9.59 Å². The van der Waals surface area contributed by atoms with Crippen LogP contribution >= 0.6 is 11.8 Å². The zero-order valence-electron chi connectivity index (χ0n) is 11.4. The molecule has 21 heavy (non-hydrogen) atoms. The molecule has 1 atom stereocenters. The summed E-state index contributed by atoms with van der Waals surface area (Å²) in [6.45, 7) is 0. The van der Waals surface area contributed by atoms with E-state index < -0.39 is 28.8 Å². The van der Waals surface area contributed by atoms with Crippen LogP contribution in [0, 0.1) is 0 Å². The summed E-state index contributed by atoms with van der Waals surface area (Å²) in [7, 11) is 2.89. The Labute approximate surface area is 124 Å². The molecule has 0 radical (unpaired) electrons. The van der Waals surface area contributed by atoms with Crippen LogP contribution in [0.4, 0.5) is 10.5 Å². The van der Waals surface area contributed by atoms with Crippen molar-refractivity contribution in [1.29, 1.82) is 0 Å². The van der Waals surface area contributed by atoms with Crippen molar-refractivity contribution >= 4 is 34.6 Å². The van der Waals surface area contributed by atoms with Crippen LogP contribution in [0.1, 0.15) is 6.42 Å². The van der Waals surface area contributed by atoms with E-state index in [0.29, 0.717) is 23.3 Å². The highest BCUT2D eigenvalue weighted by Gasteiger charge is 2.42. The Kier molecular flexibility index (Phi) is 4.37. The van der Waals surface area contributed by atoms with Crippen LogP contribution in [0.15, 0.2) is 18.2 Å². The Hall–Kier alpha value is -2.22. The molecule has 2 rings (SSSR count). The summed E-state index contributed by atoms with van der Waals surface area (Å²) in [6.07, 6.45) is -0.399. The average Bonchev–Trinajstić information content (AvgIpc) is 2.72. The van der Waals surface area contributed by atoms with Gasteiger partial charge in [0.15, 0.2) is 0 Å². The summed E-state index contributed by atoms with van der Waals surface area (Å²) < 4.78 is 10.2. The van der Waals surface area contributed by atoms with E-state index in [1.54, 1.807) is 12.1 Å². The lowest BCUT2D eigenvalue weighted by Crippen LogP contribution is -2.32. The molecule has 1 saturated heterocycles. The minimum atomic E-state index is -1.13. The Balaban J connectivity index is 2.35. The van der Waals surface area contributed by atoms with Crippen LogP contribution in [-0.4, -0.2) is 41.7 Å². The van der Waals surface area contributed by atoms with Crippen LogP contribution in [0.5, 0.6) is 11.5 Å². The number of imide groups is 1. The number of aliphatic carboxylic acids is 1. The minimum Gasteiger partial charge on any atom is -0.497 e. The number of carbonyl (C=O) groups is 3. The molecule has 0 aromatic heterocycles. The molecule has 1 heterocycles. The highest BCUT2D eigenvalue weighted by Crippen LogP contribution is 2.39. The molecule has 1 fully saturated rings. The SMILES string of the molecule is COc1ccc(N2C(=O)S[C@H](CC(=O)O)C2=O)c(OC)c1. The Morgan fingerprint density at radius 3 is 2.62 bits per heavy atom. The van der Waals surface area contributed by atoms with Gasteiger partial charge in [-0.05, 0) is 23.9 Å². The second kappa shape index (κ2) is 6.04. The fourth-order valence-corrected chi connectivity index (χ4v) is 2.90. The normalized spacial score (nSPS) is 18.0. The molecule has 0 spiro atoms. The summed E-state index contributed by atoms with van der Waals surface area (Å²) >= 11 is 0.704. The highest BCUT2D eigenvalue weighted by molar-refractivity contribution is 8.15. The van der Waals surface area contributed by atoms with Gasteiger partial charge in [-0.1, -0.05) is 0 Å². The minimum absolute atomic E-state index is 0.272. The zero-order valence-corrected chi connectivity index (χ0v) is 12.2. The van der Waals surface area contributed by atoms with Crippen molar-refractivity contribution in [1.82, 2.24) is 0 Å². The first-order valence-electron chi connectivity index (χ1n) is 5.96. The van der Waals surface area contributed by atoms with Gasteiger partial charge in [0.1, 0.15) is 16.7 Å². The van der Waals surface area contributed by atoms with E-state index in [2.05, 4.69) is 0 Å². The largest absolute Gasteiger partial charge is 0.497 e. The third-order valence-corrected chi connectivity index (χ3v) is 3.95. The van der Waals surface area contributed by atoms with Crippen molar-refractivity contribution < 1.29 is 29.0 Å². The summed E-state index contributed by atoms with van der Waals surface area (Å²) in [5, 5.41) is 7.33. The van der Waals surface area contributed by atoms with E-state index in [1.807, 2.05) is 0 Å². The van der Waals surface area contributed by atoms with Gasteiger partial charge < -0.3 is 14.6 Å². The molecule has 7 nitrogen and oxygen atoms in total. The average molecular weight is 311 g/mol. The number of amides is 2.